The number of imide groups is 1. The number of nitrogens with zero attached hydrogens (tertiary/aromatic N) is 1. The summed E-state index contributed by atoms with van der Waals surface area (Å²) in [5.41, 5.74) is 6.82. The molecule has 1 aliphatic rings. The van der Waals surface area contributed by atoms with Gasteiger partial charge in [0.2, 0.25) is 11.8 Å². The first-order valence-electron chi connectivity index (χ1n) is 6.83. The zero-order chi connectivity index (χ0) is 15.6. The Morgan fingerprint density at radius 3 is 2.71 bits per heavy atom. The van der Waals surface area contributed by atoms with Gasteiger partial charge in [-0.3, -0.25) is 19.8 Å². The van der Waals surface area contributed by atoms with Crippen LogP contribution in [0.4, 0.5) is 0 Å². The van der Waals surface area contributed by atoms with Crippen LogP contribution >= 0.6 is 0 Å². The number of hydrogen-bond donors (Lipinski definition) is 2. The van der Waals surface area contributed by atoms with Crippen LogP contribution < -0.4 is 15.8 Å². The molecule has 2 rings (SSSR count). The van der Waals surface area contributed by atoms with Crippen LogP contribution in [-0.4, -0.2) is 35.9 Å². The lowest BCUT2D eigenvalue weighted by Crippen LogP contribution is -2.63. The molecular weight excluding hydrogens is 270 g/mol. The summed E-state index contributed by atoms with van der Waals surface area (Å²) in [6.07, 6.45) is 0. The topological polar surface area (TPSA) is 84.7 Å². The van der Waals surface area contributed by atoms with Gasteiger partial charge < -0.3 is 10.5 Å². The van der Waals surface area contributed by atoms with Crippen molar-refractivity contribution in [2.24, 2.45) is 5.73 Å². The number of nitrogens with one attached hydrogen (secondary N) is 1. The summed E-state index contributed by atoms with van der Waals surface area (Å²) in [4.78, 5) is 25.4. The lowest BCUT2D eigenvalue weighted by atomic mass is 9.97. The summed E-state index contributed by atoms with van der Waals surface area (Å²) in [7, 11) is 1.60. The maximum absolute atomic E-state index is 11.9. The van der Waals surface area contributed by atoms with E-state index in [9.17, 15) is 9.59 Å². The minimum Gasteiger partial charge on any atom is -0.496 e. The predicted octanol–water partition coefficient (Wildman–Crippen LogP) is 0.391. The Hall–Kier alpha value is -1.92. The number of ether oxygens (including phenoxy) is 1. The second kappa shape index (κ2) is 5.83. The number of hydrogen-bond acceptors (Lipinski definition) is 5. The molecule has 0 bridgehead atoms. The van der Waals surface area contributed by atoms with Crippen LogP contribution in [0.5, 0.6) is 5.75 Å². The van der Waals surface area contributed by atoms with Crippen molar-refractivity contribution in [1.82, 2.24) is 10.2 Å². The second-order valence-electron chi connectivity index (χ2n) is 5.64. The first kappa shape index (κ1) is 15.5. The molecular formula is C15H21N3O3. The predicted molar refractivity (Wildman–Crippen MR) is 78.5 cm³/mol. The molecule has 0 radical (unpaired) electrons. The Balaban J connectivity index is 2.24. The number of carbonyl (C=O) groups is 2. The van der Waals surface area contributed by atoms with Gasteiger partial charge in [0.25, 0.3) is 0 Å². The van der Waals surface area contributed by atoms with Crippen LogP contribution in [0.2, 0.25) is 0 Å². The van der Waals surface area contributed by atoms with Gasteiger partial charge in [-0.1, -0.05) is 12.1 Å². The molecule has 0 aromatic heterocycles. The van der Waals surface area contributed by atoms with Gasteiger partial charge in [0.05, 0.1) is 19.2 Å². The summed E-state index contributed by atoms with van der Waals surface area (Å²) in [5.74, 6) is 0.176. The van der Waals surface area contributed by atoms with Crippen LogP contribution in [0.3, 0.4) is 0 Å². The molecule has 0 unspecified atom stereocenters. The van der Waals surface area contributed by atoms with Gasteiger partial charge in [-0.15, -0.1) is 0 Å². The maximum atomic E-state index is 11.9. The van der Waals surface area contributed by atoms with Gasteiger partial charge in [0.1, 0.15) is 5.75 Å². The Morgan fingerprint density at radius 1 is 1.38 bits per heavy atom. The van der Waals surface area contributed by atoms with Crippen LogP contribution in [0, 0.1) is 0 Å². The third kappa shape index (κ3) is 3.06. The van der Waals surface area contributed by atoms with Crippen molar-refractivity contribution in [3.8, 4) is 5.75 Å². The number of piperazine rings is 1. The normalized spacial score (nSPS) is 18.5. The highest BCUT2D eigenvalue weighted by atomic mass is 16.5. The number of benzene rings is 1. The third-order valence-corrected chi connectivity index (χ3v) is 3.88. The molecule has 1 saturated heterocycles. The highest BCUT2D eigenvalue weighted by molar-refractivity contribution is 6.02. The largest absolute Gasteiger partial charge is 0.496 e. The fraction of sp³-hybridized carbons (Fsp3) is 0.467. The van der Waals surface area contributed by atoms with Crippen molar-refractivity contribution < 1.29 is 14.3 Å². The molecule has 21 heavy (non-hydrogen) atoms. The van der Waals surface area contributed by atoms with Gasteiger partial charge in [-0.25, -0.2) is 0 Å². The monoisotopic (exact) mass is 291 g/mol. The van der Waals surface area contributed by atoms with E-state index < -0.39 is 5.54 Å². The van der Waals surface area contributed by atoms with Gasteiger partial charge in [0, 0.05) is 18.7 Å². The van der Waals surface area contributed by atoms with Crippen LogP contribution in [-0.2, 0) is 22.7 Å². The maximum Gasteiger partial charge on any atom is 0.246 e. The highest BCUT2D eigenvalue weighted by Gasteiger charge is 2.40. The van der Waals surface area contributed by atoms with Gasteiger partial charge in [-0.2, -0.15) is 0 Å². The zero-order valence-electron chi connectivity index (χ0n) is 12.6. The highest BCUT2D eigenvalue weighted by Crippen LogP contribution is 2.24. The summed E-state index contributed by atoms with van der Waals surface area (Å²) in [6.45, 7) is 4.70. The minimum absolute atomic E-state index is 0.194. The standard InChI is InChI=1S/C15H21N3O3/c1-15(2)14(20)17-13(19)9-18(15)8-10-4-5-11(7-16)12(6-10)21-3/h4-6H,7-9,16H2,1-3H3,(H,17,19,20). The Kier molecular flexibility index (Phi) is 4.29. The molecule has 6 heteroatoms. The molecule has 114 valence electrons. The lowest BCUT2D eigenvalue weighted by Gasteiger charge is -2.40. The van der Waals surface area contributed by atoms with E-state index in [0.717, 1.165) is 16.9 Å². The van der Waals surface area contributed by atoms with Gasteiger partial charge >= 0.3 is 0 Å². The minimum atomic E-state index is -0.728. The van der Waals surface area contributed by atoms with Gasteiger partial charge in [-0.05, 0) is 25.5 Å². The van der Waals surface area contributed by atoms with Crippen LogP contribution in [0.25, 0.3) is 0 Å². The van der Waals surface area contributed by atoms with Crippen molar-refractivity contribution in [2.75, 3.05) is 13.7 Å². The molecule has 2 amide bonds. The Morgan fingerprint density at radius 2 is 2.10 bits per heavy atom. The summed E-state index contributed by atoms with van der Waals surface area (Å²) >= 11 is 0. The SMILES string of the molecule is COc1cc(CN2CC(=O)NC(=O)C2(C)C)ccc1CN. The van der Waals surface area contributed by atoms with E-state index in [1.54, 1.807) is 21.0 Å². The van der Waals surface area contributed by atoms with E-state index in [2.05, 4.69) is 5.32 Å². The molecule has 0 spiro atoms. The Labute approximate surface area is 124 Å². The van der Waals surface area contributed by atoms with Crippen molar-refractivity contribution in [1.29, 1.82) is 0 Å². The van der Waals surface area contributed by atoms with Crippen LogP contribution in [0.15, 0.2) is 18.2 Å². The number of methoxy groups -OCH3 is 1. The van der Waals surface area contributed by atoms with Crippen molar-refractivity contribution in [3.05, 3.63) is 29.3 Å². The quantitative estimate of drug-likeness (QED) is 0.784. The van der Waals surface area contributed by atoms with Crippen molar-refractivity contribution in [3.63, 3.8) is 0 Å². The molecule has 6 nitrogen and oxygen atoms in total. The van der Waals surface area contributed by atoms with Crippen LogP contribution in [0.1, 0.15) is 25.0 Å². The molecule has 1 fully saturated rings. The number of rotatable bonds is 4. The molecule has 1 aromatic carbocycles. The molecule has 0 atom stereocenters. The van der Waals surface area contributed by atoms with E-state index in [0.29, 0.717) is 13.1 Å². The molecule has 3 N–H and O–H groups in total. The molecule has 1 aromatic rings. The lowest BCUT2D eigenvalue weighted by molar-refractivity contribution is -0.145. The van der Waals surface area contributed by atoms with Crippen molar-refractivity contribution in [2.45, 2.75) is 32.5 Å². The van der Waals surface area contributed by atoms with Crippen molar-refractivity contribution >= 4 is 11.8 Å². The molecule has 1 aliphatic heterocycles. The third-order valence-electron chi connectivity index (χ3n) is 3.88. The number of amides is 2. The zero-order valence-corrected chi connectivity index (χ0v) is 12.6. The van der Waals surface area contributed by atoms with E-state index in [-0.39, 0.29) is 18.4 Å². The van der Waals surface area contributed by atoms with E-state index in [1.807, 2.05) is 23.1 Å². The van der Waals surface area contributed by atoms with Gasteiger partial charge in [0.15, 0.2) is 0 Å². The molecule has 0 aliphatic carbocycles. The first-order chi connectivity index (χ1) is 9.88. The summed E-state index contributed by atoms with van der Waals surface area (Å²) in [6, 6.07) is 5.75. The Bertz CT molecular complexity index is 569. The fourth-order valence-electron chi connectivity index (χ4n) is 2.36. The summed E-state index contributed by atoms with van der Waals surface area (Å²) < 4.78 is 5.32. The van der Waals surface area contributed by atoms with E-state index in [4.69, 9.17) is 10.5 Å². The van der Waals surface area contributed by atoms with E-state index >= 15 is 0 Å². The second-order valence-corrected chi connectivity index (χ2v) is 5.64. The first-order valence-corrected chi connectivity index (χ1v) is 6.83. The molecule has 1 heterocycles. The average molecular weight is 291 g/mol. The average Bonchev–Trinajstić information content (AvgIpc) is 2.44. The smallest absolute Gasteiger partial charge is 0.246 e. The van der Waals surface area contributed by atoms with E-state index in [1.165, 1.54) is 0 Å². The number of nitrogens with two attached hydrogens (primary N) is 1. The summed E-state index contributed by atoms with van der Waals surface area (Å²) in [5, 5.41) is 2.37. The molecule has 0 saturated carbocycles. The fourth-order valence-corrected chi connectivity index (χ4v) is 2.36. The number of carbonyl (C=O) groups excluding carboxylic acids is 2.